The van der Waals surface area contributed by atoms with Crippen LogP contribution in [0, 0.1) is 6.92 Å². The molecule has 0 spiro atoms. The number of anilines is 1. The molecule has 2 heterocycles. The minimum Gasteiger partial charge on any atom is -0.345 e. The minimum absolute atomic E-state index is 0.137. The summed E-state index contributed by atoms with van der Waals surface area (Å²) >= 11 is 1.57. The van der Waals surface area contributed by atoms with Crippen LogP contribution in [0.5, 0.6) is 0 Å². The van der Waals surface area contributed by atoms with Crippen LogP contribution in [0.15, 0.2) is 60.0 Å². The van der Waals surface area contributed by atoms with Gasteiger partial charge in [0.2, 0.25) is 0 Å². The predicted octanol–water partition coefficient (Wildman–Crippen LogP) is 4.35. The summed E-state index contributed by atoms with van der Waals surface area (Å²) in [5, 5.41) is 4.89. The lowest BCUT2D eigenvalue weighted by Crippen LogP contribution is -2.30. The first kappa shape index (κ1) is 18.1. The predicted molar refractivity (Wildman–Crippen MR) is 109 cm³/mol. The summed E-state index contributed by atoms with van der Waals surface area (Å²) in [6.45, 7) is 3.76. The molecule has 1 aliphatic rings. The molecule has 1 aliphatic heterocycles. The molecule has 2 aromatic carbocycles. The highest BCUT2D eigenvalue weighted by Gasteiger charge is 2.37. The molecule has 1 N–H and O–H groups in total. The minimum atomic E-state index is -0.407. The van der Waals surface area contributed by atoms with Crippen LogP contribution in [0.3, 0.4) is 0 Å². The number of carbonyl (C=O) groups excluding carboxylic acids is 3. The van der Waals surface area contributed by atoms with Gasteiger partial charge in [-0.25, -0.2) is 4.90 Å². The highest BCUT2D eigenvalue weighted by Crippen LogP contribution is 2.31. The standard InChI is InChI=1S/C22H18N2O3S/c1-13-6-3-4-7-18(13)24-21(26)16-10-9-15(12-17(16)22(24)27)20(25)23-14(2)19-8-5-11-28-19/h3-12,14H,1-2H3,(H,23,25)/t14-/m0/s1. The zero-order valence-electron chi connectivity index (χ0n) is 15.4. The summed E-state index contributed by atoms with van der Waals surface area (Å²) in [6, 6.07) is 15.6. The fourth-order valence-electron chi connectivity index (χ4n) is 3.30. The number of hydrogen-bond donors (Lipinski definition) is 1. The Bertz CT molecular complexity index is 1090. The van der Waals surface area contributed by atoms with Gasteiger partial charge in [0.15, 0.2) is 0 Å². The molecular weight excluding hydrogens is 372 g/mol. The van der Waals surface area contributed by atoms with Gasteiger partial charge in [-0.1, -0.05) is 24.3 Å². The molecular formula is C22H18N2O3S. The number of para-hydroxylation sites is 1. The van der Waals surface area contributed by atoms with Crippen LogP contribution >= 0.6 is 11.3 Å². The van der Waals surface area contributed by atoms with E-state index in [1.807, 2.05) is 43.5 Å². The van der Waals surface area contributed by atoms with Gasteiger partial charge < -0.3 is 5.32 Å². The fourth-order valence-corrected chi connectivity index (χ4v) is 4.04. The smallest absolute Gasteiger partial charge is 0.266 e. The Kier molecular flexibility index (Phi) is 4.57. The van der Waals surface area contributed by atoms with Crippen LogP contribution in [-0.2, 0) is 0 Å². The van der Waals surface area contributed by atoms with Gasteiger partial charge >= 0.3 is 0 Å². The van der Waals surface area contributed by atoms with Crippen LogP contribution in [-0.4, -0.2) is 17.7 Å². The van der Waals surface area contributed by atoms with E-state index in [2.05, 4.69) is 5.32 Å². The average molecular weight is 390 g/mol. The topological polar surface area (TPSA) is 66.5 Å². The Morgan fingerprint density at radius 3 is 2.46 bits per heavy atom. The van der Waals surface area contributed by atoms with Crippen LogP contribution < -0.4 is 10.2 Å². The zero-order chi connectivity index (χ0) is 19.8. The molecule has 4 rings (SSSR count). The summed E-state index contributed by atoms with van der Waals surface area (Å²) in [6.07, 6.45) is 0. The average Bonchev–Trinajstić information content (AvgIpc) is 3.31. The number of thiophene rings is 1. The van der Waals surface area contributed by atoms with Gasteiger partial charge in [-0.2, -0.15) is 0 Å². The quantitative estimate of drug-likeness (QED) is 0.674. The van der Waals surface area contributed by atoms with Crippen LogP contribution in [0.4, 0.5) is 5.69 Å². The number of benzene rings is 2. The van der Waals surface area contributed by atoms with Gasteiger partial charge in [-0.15, -0.1) is 11.3 Å². The molecule has 3 aromatic rings. The van der Waals surface area contributed by atoms with Gasteiger partial charge in [0, 0.05) is 10.4 Å². The van der Waals surface area contributed by atoms with Crippen molar-refractivity contribution in [2.24, 2.45) is 0 Å². The first-order valence-electron chi connectivity index (χ1n) is 8.90. The Balaban J connectivity index is 1.62. The van der Waals surface area contributed by atoms with Crippen molar-refractivity contribution in [1.29, 1.82) is 0 Å². The number of hydrogen-bond acceptors (Lipinski definition) is 4. The Labute approximate surface area is 166 Å². The second-order valence-electron chi connectivity index (χ2n) is 6.70. The Morgan fingerprint density at radius 1 is 1.00 bits per heavy atom. The maximum Gasteiger partial charge on any atom is 0.266 e. The molecule has 0 fully saturated rings. The van der Waals surface area contributed by atoms with Gasteiger partial charge in [0.25, 0.3) is 17.7 Å². The van der Waals surface area contributed by atoms with E-state index in [9.17, 15) is 14.4 Å². The van der Waals surface area contributed by atoms with E-state index < -0.39 is 5.91 Å². The van der Waals surface area contributed by atoms with Crippen LogP contribution in [0.25, 0.3) is 0 Å². The molecule has 0 unspecified atom stereocenters. The van der Waals surface area contributed by atoms with Gasteiger partial charge in [0.05, 0.1) is 22.9 Å². The Hall–Kier alpha value is -3.25. The summed E-state index contributed by atoms with van der Waals surface area (Å²) in [7, 11) is 0. The highest BCUT2D eigenvalue weighted by atomic mass is 32.1. The highest BCUT2D eigenvalue weighted by molar-refractivity contribution is 7.10. The van der Waals surface area contributed by atoms with Gasteiger partial charge in [-0.05, 0) is 55.1 Å². The number of aryl methyl sites for hydroxylation is 1. The van der Waals surface area contributed by atoms with Crippen molar-refractivity contribution >= 4 is 34.7 Å². The molecule has 0 radical (unpaired) electrons. The number of imide groups is 1. The molecule has 28 heavy (non-hydrogen) atoms. The van der Waals surface area contributed by atoms with Crippen molar-refractivity contribution in [1.82, 2.24) is 5.32 Å². The molecule has 1 aromatic heterocycles. The van der Waals surface area contributed by atoms with Crippen molar-refractivity contribution < 1.29 is 14.4 Å². The molecule has 5 nitrogen and oxygen atoms in total. The lowest BCUT2D eigenvalue weighted by molar-refractivity contribution is 0.0921. The van der Waals surface area contributed by atoms with Crippen LogP contribution in [0.1, 0.15) is 54.5 Å². The second-order valence-corrected chi connectivity index (χ2v) is 7.68. The van der Waals surface area contributed by atoms with Crippen molar-refractivity contribution in [3.63, 3.8) is 0 Å². The van der Waals surface area contributed by atoms with Crippen molar-refractivity contribution in [3.05, 3.63) is 87.1 Å². The molecule has 3 amide bonds. The van der Waals surface area contributed by atoms with E-state index in [1.54, 1.807) is 35.6 Å². The molecule has 1 atom stereocenters. The zero-order valence-corrected chi connectivity index (χ0v) is 16.2. The molecule has 0 bridgehead atoms. The van der Waals surface area contributed by atoms with Crippen LogP contribution in [0.2, 0.25) is 0 Å². The first-order chi connectivity index (χ1) is 13.5. The van der Waals surface area contributed by atoms with E-state index in [1.165, 1.54) is 11.0 Å². The number of amides is 3. The fraction of sp³-hybridized carbons (Fsp3) is 0.136. The largest absolute Gasteiger partial charge is 0.345 e. The third-order valence-corrected chi connectivity index (χ3v) is 5.88. The summed E-state index contributed by atoms with van der Waals surface area (Å²) in [5.74, 6) is -1.05. The van der Waals surface area contributed by atoms with E-state index in [0.717, 1.165) is 10.4 Å². The SMILES string of the molecule is Cc1ccccc1N1C(=O)c2ccc(C(=O)N[C@@H](C)c3cccs3)cc2C1=O. The first-order valence-corrected chi connectivity index (χ1v) is 9.78. The maximum absolute atomic E-state index is 12.9. The molecule has 0 saturated heterocycles. The van der Waals surface area contributed by atoms with Crippen molar-refractivity contribution in [2.45, 2.75) is 19.9 Å². The number of fused-ring (bicyclic) bond motifs is 1. The Morgan fingerprint density at radius 2 is 1.75 bits per heavy atom. The normalized spacial score (nSPS) is 14.1. The van der Waals surface area contributed by atoms with E-state index >= 15 is 0 Å². The van der Waals surface area contributed by atoms with Crippen molar-refractivity contribution in [2.75, 3.05) is 4.90 Å². The van der Waals surface area contributed by atoms with E-state index in [0.29, 0.717) is 16.8 Å². The van der Waals surface area contributed by atoms with Crippen molar-refractivity contribution in [3.8, 4) is 0 Å². The number of carbonyl (C=O) groups is 3. The summed E-state index contributed by atoms with van der Waals surface area (Å²) in [5.41, 5.74) is 2.32. The van der Waals surface area contributed by atoms with Gasteiger partial charge in [-0.3, -0.25) is 14.4 Å². The second kappa shape index (κ2) is 7.05. The third-order valence-electron chi connectivity index (χ3n) is 4.82. The maximum atomic E-state index is 12.9. The summed E-state index contributed by atoms with van der Waals surface area (Å²) in [4.78, 5) is 40.6. The monoisotopic (exact) mass is 390 g/mol. The molecule has 0 aliphatic carbocycles. The third kappa shape index (κ3) is 3.01. The lowest BCUT2D eigenvalue weighted by Gasteiger charge is -2.16. The van der Waals surface area contributed by atoms with E-state index in [-0.39, 0.29) is 23.4 Å². The molecule has 140 valence electrons. The lowest BCUT2D eigenvalue weighted by atomic mass is 10.0. The number of nitrogens with one attached hydrogen (secondary N) is 1. The van der Waals surface area contributed by atoms with Gasteiger partial charge in [0.1, 0.15) is 0 Å². The molecule has 6 heteroatoms. The number of rotatable bonds is 4. The van der Waals surface area contributed by atoms with E-state index in [4.69, 9.17) is 0 Å². The summed E-state index contributed by atoms with van der Waals surface area (Å²) < 4.78 is 0. The molecule has 0 saturated carbocycles. The number of nitrogens with zero attached hydrogens (tertiary/aromatic N) is 1.